The van der Waals surface area contributed by atoms with Crippen LogP contribution in [-0.2, 0) is 9.53 Å². The summed E-state index contributed by atoms with van der Waals surface area (Å²) < 4.78 is 6.54. The molecule has 1 heterocycles. The number of amides is 2. The molecule has 1 unspecified atom stereocenters. The number of anilines is 1. The fourth-order valence-corrected chi connectivity index (χ4v) is 4.53. The van der Waals surface area contributed by atoms with Gasteiger partial charge in [-0.25, -0.2) is 14.1 Å². The van der Waals surface area contributed by atoms with Gasteiger partial charge in [-0.3, -0.25) is 4.79 Å². The van der Waals surface area contributed by atoms with Crippen LogP contribution in [0.2, 0.25) is 10.0 Å². The molecule has 10 heteroatoms. The molecule has 2 aromatic carbocycles. The normalized spacial score (nSPS) is 17.3. The summed E-state index contributed by atoms with van der Waals surface area (Å²) in [5, 5.41) is 15.7. The third-order valence-electron chi connectivity index (χ3n) is 5.07. The number of hydrazone groups is 1. The second kappa shape index (κ2) is 10.9. The smallest absolute Gasteiger partial charge is 0.355 e. The van der Waals surface area contributed by atoms with Gasteiger partial charge in [0.15, 0.2) is 0 Å². The summed E-state index contributed by atoms with van der Waals surface area (Å²) in [7, 11) is 1.31. The van der Waals surface area contributed by atoms with E-state index in [9.17, 15) is 9.59 Å². The van der Waals surface area contributed by atoms with Crippen molar-refractivity contribution < 1.29 is 14.3 Å². The number of carbonyl (C=O) groups is 2. The molecule has 7 nitrogen and oxygen atoms in total. The van der Waals surface area contributed by atoms with E-state index in [1.807, 2.05) is 0 Å². The SMILES string of the molecule is COC(=O)C1(C)CN(C(=O)N(SCCCC#N)c2ccc(Cl)cc2)N=C1c1ccc(Cl)cc1. The maximum atomic E-state index is 13.6. The van der Waals surface area contributed by atoms with Gasteiger partial charge in [0.1, 0.15) is 5.41 Å². The Morgan fingerprint density at radius 3 is 2.36 bits per heavy atom. The standard InChI is InChI=1S/C23H22Cl2N4O3S/c1-23(21(30)32-2)15-28(27-20(23)16-5-7-17(24)8-6-16)22(31)29(33-14-4-3-13-26)19-11-9-18(25)10-12-19/h5-12H,3-4,14-15H2,1-2H3. The van der Waals surface area contributed by atoms with Crippen molar-refractivity contribution in [3.63, 3.8) is 0 Å². The number of rotatable bonds is 7. The van der Waals surface area contributed by atoms with Gasteiger partial charge in [-0.2, -0.15) is 10.4 Å². The topological polar surface area (TPSA) is 86.0 Å². The number of urea groups is 1. The molecule has 0 aliphatic carbocycles. The molecule has 0 spiro atoms. The zero-order valence-electron chi connectivity index (χ0n) is 18.1. The second-order valence-corrected chi connectivity index (χ2v) is 9.39. The second-order valence-electron chi connectivity index (χ2n) is 7.49. The fraction of sp³-hybridized carbons (Fsp3) is 0.304. The van der Waals surface area contributed by atoms with E-state index in [-0.39, 0.29) is 6.54 Å². The van der Waals surface area contributed by atoms with Crippen LogP contribution in [0.1, 0.15) is 25.3 Å². The molecule has 1 aliphatic rings. The van der Waals surface area contributed by atoms with Crippen molar-refractivity contribution in [1.29, 1.82) is 5.26 Å². The quantitative estimate of drug-likeness (QED) is 0.271. The van der Waals surface area contributed by atoms with Crippen LogP contribution in [-0.4, -0.2) is 42.1 Å². The van der Waals surface area contributed by atoms with E-state index in [2.05, 4.69) is 11.2 Å². The zero-order chi connectivity index (χ0) is 24.0. The number of halogens is 2. The molecule has 0 aromatic heterocycles. The van der Waals surface area contributed by atoms with Gasteiger partial charge in [-0.05, 0) is 67.3 Å². The van der Waals surface area contributed by atoms with E-state index in [1.165, 1.54) is 28.4 Å². The number of hydrogen-bond acceptors (Lipinski definition) is 6. The first-order chi connectivity index (χ1) is 15.8. The lowest BCUT2D eigenvalue weighted by Gasteiger charge is -2.27. The Balaban J connectivity index is 1.95. The molecular weight excluding hydrogens is 483 g/mol. The molecule has 0 saturated heterocycles. The Morgan fingerprint density at radius 2 is 1.79 bits per heavy atom. The van der Waals surface area contributed by atoms with Gasteiger partial charge in [0.2, 0.25) is 0 Å². The molecule has 0 bridgehead atoms. The van der Waals surface area contributed by atoms with Crippen molar-refractivity contribution in [3.05, 3.63) is 64.1 Å². The first-order valence-corrected chi connectivity index (χ1v) is 11.8. The van der Waals surface area contributed by atoms with Gasteiger partial charge in [0.05, 0.1) is 31.1 Å². The molecule has 2 amide bonds. The lowest BCUT2D eigenvalue weighted by Crippen LogP contribution is -2.43. The number of benzene rings is 2. The Hall–Kier alpha value is -2.73. The summed E-state index contributed by atoms with van der Waals surface area (Å²) in [6.45, 7) is 1.71. The van der Waals surface area contributed by atoms with Gasteiger partial charge in [-0.15, -0.1) is 0 Å². The lowest BCUT2D eigenvalue weighted by molar-refractivity contribution is -0.147. The van der Waals surface area contributed by atoms with Crippen LogP contribution in [0.5, 0.6) is 0 Å². The average Bonchev–Trinajstić information content (AvgIpc) is 3.18. The minimum atomic E-state index is -1.16. The van der Waals surface area contributed by atoms with Crippen molar-refractivity contribution >= 4 is 58.5 Å². The highest BCUT2D eigenvalue weighted by atomic mass is 35.5. The van der Waals surface area contributed by atoms with Gasteiger partial charge in [0.25, 0.3) is 0 Å². The zero-order valence-corrected chi connectivity index (χ0v) is 20.5. The molecule has 0 fully saturated rings. The van der Waals surface area contributed by atoms with E-state index in [0.29, 0.717) is 45.6 Å². The third kappa shape index (κ3) is 5.61. The monoisotopic (exact) mass is 504 g/mol. The van der Waals surface area contributed by atoms with Crippen LogP contribution in [0, 0.1) is 16.7 Å². The number of nitrogens with zero attached hydrogens (tertiary/aromatic N) is 4. The van der Waals surface area contributed by atoms with E-state index in [1.54, 1.807) is 55.5 Å². The van der Waals surface area contributed by atoms with Crippen molar-refractivity contribution in [2.45, 2.75) is 19.8 Å². The van der Waals surface area contributed by atoms with E-state index in [4.69, 9.17) is 33.2 Å². The number of nitriles is 1. The number of hydrogen-bond donors (Lipinski definition) is 0. The van der Waals surface area contributed by atoms with Gasteiger partial charge in [-0.1, -0.05) is 35.3 Å². The van der Waals surface area contributed by atoms with Crippen molar-refractivity contribution in [3.8, 4) is 6.07 Å². The minimum absolute atomic E-state index is 0.0132. The molecule has 0 N–H and O–H groups in total. The fourth-order valence-electron chi connectivity index (χ4n) is 3.35. The first-order valence-electron chi connectivity index (χ1n) is 10.1. The largest absolute Gasteiger partial charge is 0.468 e. The average molecular weight is 505 g/mol. The summed E-state index contributed by atoms with van der Waals surface area (Å²) in [4.78, 5) is 26.3. The summed E-state index contributed by atoms with van der Waals surface area (Å²) in [5.41, 5.74) is 0.545. The van der Waals surface area contributed by atoms with Crippen molar-refractivity contribution in [2.24, 2.45) is 10.5 Å². The first kappa shape index (κ1) is 24.9. The molecule has 2 aromatic rings. The van der Waals surface area contributed by atoms with Crippen LogP contribution in [0.4, 0.5) is 10.5 Å². The van der Waals surface area contributed by atoms with E-state index < -0.39 is 17.4 Å². The van der Waals surface area contributed by atoms with Crippen LogP contribution in [0.15, 0.2) is 53.6 Å². The van der Waals surface area contributed by atoms with Crippen molar-refractivity contribution in [1.82, 2.24) is 5.01 Å². The number of ether oxygens (including phenoxy) is 1. The summed E-state index contributed by atoms with van der Waals surface area (Å²) in [6, 6.07) is 15.4. The summed E-state index contributed by atoms with van der Waals surface area (Å²) >= 11 is 13.3. The third-order valence-corrected chi connectivity index (χ3v) is 6.67. The molecule has 1 aliphatic heterocycles. The van der Waals surface area contributed by atoms with Crippen LogP contribution < -0.4 is 4.31 Å². The molecule has 33 heavy (non-hydrogen) atoms. The molecule has 172 valence electrons. The maximum absolute atomic E-state index is 13.6. The highest BCUT2D eigenvalue weighted by Gasteiger charge is 2.49. The highest BCUT2D eigenvalue weighted by Crippen LogP contribution is 2.35. The molecule has 0 radical (unpaired) electrons. The Morgan fingerprint density at radius 1 is 1.18 bits per heavy atom. The number of unbranched alkanes of at least 4 members (excludes halogenated alkanes) is 1. The minimum Gasteiger partial charge on any atom is -0.468 e. The van der Waals surface area contributed by atoms with E-state index in [0.717, 1.165) is 0 Å². The molecule has 1 atom stereocenters. The van der Waals surface area contributed by atoms with E-state index >= 15 is 0 Å². The number of methoxy groups -OCH3 is 1. The van der Waals surface area contributed by atoms with Crippen LogP contribution in [0.25, 0.3) is 0 Å². The number of esters is 1. The van der Waals surface area contributed by atoms with Crippen molar-refractivity contribution in [2.75, 3.05) is 23.7 Å². The molecule has 3 rings (SSSR count). The van der Waals surface area contributed by atoms with Gasteiger partial charge in [0, 0.05) is 22.2 Å². The maximum Gasteiger partial charge on any atom is 0.355 e. The highest BCUT2D eigenvalue weighted by molar-refractivity contribution is 8.01. The predicted octanol–water partition coefficient (Wildman–Crippen LogP) is 5.77. The van der Waals surface area contributed by atoms with Crippen LogP contribution in [0.3, 0.4) is 0 Å². The Kier molecular flexibility index (Phi) is 8.25. The Bertz CT molecular complexity index is 1090. The van der Waals surface area contributed by atoms with Crippen LogP contribution >= 0.6 is 35.1 Å². The molecular formula is C23H22Cl2N4O3S. The summed E-state index contributed by atoms with van der Waals surface area (Å²) in [5.74, 6) is 0.0591. The predicted molar refractivity (Wildman–Crippen MR) is 131 cm³/mol. The summed E-state index contributed by atoms with van der Waals surface area (Å²) in [6.07, 6.45) is 1.01. The van der Waals surface area contributed by atoms with Gasteiger partial charge < -0.3 is 4.74 Å². The number of carbonyl (C=O) groups excluding carboxylic acids is 2. The Labute approximate surface area is 207 Å². The molecule has 0 saturated carbocycles. The van der Waals surface area contributed by atoms with Gasteiger partial charge >= 0.3 is 12.0 Å². The lowest BCUT2D eigenvalue weighted by atomic mass is 9.82.